The highest BCUT2D eigenvalue weighted by Gasteiger charge is 2.51. The Morgan fingerprint density at radius 3 is 1.85 bits per heavy atom. The summed E-state index contributed by atoms with van der Waals surface area (Å²) in [4.78, 5) is 78.4. The molecule has 2 atom stereocenters. The lowest BCUT2D eigenvalue weighted by Gasteiger charge is -2.37. The third-order valence-electron chi connectivity index (χ3n) is 7.66. The lowest BCUT2D eigenvalue weighted by atomic mass is 9.83. The Balaban J connectivity index is 1.70. The van der Waals surface area contributed by atoms with Gasteiger partial charge in [0.1, 0.15) is 24.2 Å². The predicted molar refractivity (Wildman–Crippen MR) is 164 cm³/mol. The van der Waals surface area contributed by atoms with E-state index < -0.39 is 66.2 Å². The van der Waals surface area contributed by atoms with Crippen molar-refractivity contribution in [3.63, 3.8) is 0 Å². The van der Waals surface area contributed by atoms with Crippen molar-refractivity contribution in [3.05, 3.63) is 108 Å². The third kappa shape index (κ3) is 8.78. The first-order valence-corrected chi connectivity index (χ1v) is 14.8. The highest BCUT2D eigenvalue weighted by Crippen LogP contribution is 2.29. The lowest BCUT2D eigenvalue weighted by Crippen LogP contribution is -2.65. The first kappa shape index (κ1) is 33.4. The van der Waals surface area contributed by atoms with Crippen molar-refractivity contribution in [2.45, 2.75) is 62.8 Å². The van der Waals surface area contributed by atoms with E-state index in [9.17, 15) is 33.9 Å². The molecule has 0 saturated carbocycles. The van der Waals surface area contributed by atoms with Crippen molar-refractivity contribution in [3.8, 4) is 0 Å². The van der Waals surface area contributed by atoms with Crippen molar-refractivity contribution >= 4 is 35.8 Å². The van der Waals surface area contributed by atoms with Crippen LogP contribution in [0.2, 0.25) is 0 Å². The summed E-state index contributed by atoms with van der Waals surface area (Å²) in [5.74, 6) is -5.16. The number of imide groups is 1. The number of nitrogens with zero attached hydrogens (tertiary/aromatic N) is 1. The number of hydrogen-bond acceptors (Lipinski definition) is 7. The summed E-state index contributed by atoms with van der Waals surface area (Å²) >= 11 is 0. The minimum Gasteiger partial charge on any atom is -0.481 e. The molecule has 0 bridgehead atoms. The molecule has 3 aromatic rings. The van der Waals surface area contributed by atoms with Crippen molar-refractivity contribution in [2.24, 2.45) is 0 Å². The maximum absolute atomic E-state index is 14.7. The molecule has 4 rings (SSSR count). The molecule has 4 amide bonds. The molecule has 0 aromatic heterocycles. The van der Waals surface area contributed by atoms with E-state index in [1.165, 1.54) is 0 Å². The number of hydrogen-bond donors (Lipinski definition) is 4. The van der Waals surface area contributed by atoms with E-state index in [2.05, 4.69) is 10.6 Å². The van der Waals surface area contributed by atoms with Gasteiger partial charge in [-0.05, 0) is 29.5 Å². The monoisotopic (exact) mass is 629 g/mol. The Bertz CT molecular complexity index is 1510. The van der Waals surface area contributed by atoms with Crippen LogP contribution in [-0.2, 0) is 48.2 Å². The summed E-state index contributed by atoms with van der Waals surface area (Å²) in [7, 11) is 0. The van der Waals surface area contributed by atoms with Gasteiger partial charge in [0.25, 0.3) is 5.91 Å². The van der Waals surface area contributed by atoms with Crippen LogP contribution in [0, 0.1) is 0 Å². The summed E-state index contributed by atoms with van der Waals surface area (Å²) < 4.78 is 5.50. The number of ether oxygens (including phenoxy) is 1. The molecule has 0 aliphatic carbocycles. The van der Waals surface area contributed by atoms with Gasteiger partial charge in [-0.1, -0.05) is 91.0 Å². The van der Waals surface area contributed by atoms with Gasteiger partial charge in [-0.15, -0.1) is 0 Å². The van der Waals surface area contributed by atoms with Gasteiger partial charge in [-0.25, -0.2) is 9.59 Å². The molecule has 46 heavy (non-hydrogen) atoms. The predicted octanol–water partition coefficient (Wildman–Crippen LogP) is 3.09. The number of carbonyl (C=O) groups is 6. The molecule has 240 valence electrons. The fourth-order valence-electron chi connectivity index (χ4n) is 5.41. The van der Waals surface area contributed by atoms with Crippen molar-refractivity contribution in [2.75, 3.05) is 0 Å². The number of carbonyl (C=O) groups excluding carboxylic acids is 4. The summed E-state index contributed by atoms with van der Waals surface area (Å²) in [6.45, 7) is -0.0891. The Morgan fingerprint density at radius 2 is 1.35 bits per heavy atom. The average molecular weight is 630 g/mol. The van der Waals surface area contributed by atoms with Gasteiger partial charge in [-0.2, -0.15) is 0 Å². The maximum atomic E-state index is 14.7. The van der Waals surface area contributed by atoms with E-state index in [4.69, 9.17) is 9.84 Å². The first-order chi connectivity index (χ1) is 22.1. The molecule has 12 nitrogen and oxygen atoms in total. The molecule has 12 heteroatoms. The molecule has 1 aliphatic heterocycles. The summed E-state index contributed by atoms with van der Waals surface area (Å²) in [6.07, 6.45) is -2.25. The fourth-order valence-corrected chi connectivity index (χ4v) is 5.41. The standard InChI is InChI=1S/C34H35N3O9/c38-28-18-17-27(30(41)35-26(31(42)43)16-19-29(39)40)37(28)32(44)34(20-23-10-4-1-5-11-23,21-24-12-6-2-7-13-24)36-33(45)46-22-25-14-8-3-9-15-25/h1-15,26-27H,16-22H2,(H,35,41)(H,36,45)(H,39,40)(H,42,43)/t26-,27-/m0/s1. The van der Waals surface area contributed by atoms with Crippen LogP contribution >= 0.6 is 0 Å². The lowest BCUT2D eigenvalue weighted by molar-refractivity contribution is -0.152. The van der Waals surface area contributed by atoms with E-state index in [-0.39, 0.29) is 32.3 Å². The second-order valence-electron chi connectivity index (χ2n) is 11.0. The van der Waals surface area contributed by atoms with Crippen LogP contribution < -0.4 is 10.6 Å². The molecule has 1 aliphatic rings. The number of likely N-dealkylation sites (tertiary alicyclic amines) is 1. The van der Waals surface area contributed by atoms with Crippen LogP contribution in [0.3, 0.4) is 0 Å². The SMILES string of the molecule is O=C(O)CC[C@H](NC(=O)[C@@H]1CCC(=O)N1C(=O)C(Cc1ccccc1)(Cc1ccccc1)NC(=O)OCc1ccccc1)C(=O)O. The highest BCUT2D eigenvalue weighted by atomic mass is 16.5. The topological polar surface area (TPSA) is 179 Å². The number of alkyl carbamates (subject to hydrolysis) is 1. The number of aliphatic carboxylic acids is 2. The molecule has 1 fully saturated rings. The summed E-state index contributed by atoms with van der Waals surface area (Å²) in [6, 6.07) is 23.7. The first-order valence-electron chi connectivity index (χ1n) is 14.8. The van der Waals surface area contributed by atoms with Gasteiger partial charge >= 0.3 is 18.0 Å². The van der Waals surface area contributed by atoms with Crippen LogP contribution in [-0.4, -0.2) is 68.5 Å². The maximum Gasteiger partial charge on any atom is 0.408 e. The quantitative estimate of drug-likeness (QED) is 0.208. The normalized spacial score (nSPS) is 15.1. The summed E-state index contributed by atoms with van der Waals surface area (Å²) in [5.41, 5.74) is 0.206. The number of nitrogens with one attached hydrogen (secondary N) is 2. The van der Waals surface area contributed by atoms with Crippen molar-refractivity contribution in [1.82, 2.24) is 15.5 Å². The van der Waals surface area contributed by atoms with E-state index in [1.54, 1.807) is 84.9 Å². The van der Waals surface area contributed by atoms with E-state index in [0.29, 0.717) is 16.7 Å². The van der Waals surface area contributed by atoms with Gasteiger partial charge in [0.15, 0.2) is 0 Å². The van der Waals surface area contributed by atoms with E-state index >= 15 is 0 Å². The summed E-state index contributed by atoms with van der Waals surface area (Å²) in [5, 5.41) is 23.6. The largest absolute Gasteiger partial charge is 0.481 e. The van der Waals surface area contributed by atoms with Gasteiger partial charge in [0, 0.05) is 25.7 Å². The van der Waals surface area contributed by atoms with Crippen LogP contribution in [0.1, 0.15) is 42.4 Å². The smallest absolute Gasteiger partial charge is 0.408 e. The number of carboxylic acid groups (broad SMARTS) is 2. The molecular formula is C34H35N3O9. The Labute approximate surface area is 265 Å². The van der Waals surface area contributed by atoms with Gasteiger partial charge < -0.3 is 25.6 Å². The number of benzene rings is 3. The van der Waals surface area contributed by atoms with Crippen LogP contribution in [0.25, 0.3) is 0 Å². The average Bonchev–Trinajstić information content (AvgIpc) is 3.43. The molecule has 4 N–H and O–H groups in total. The Kier molecular flexibility index (Phi) is 11.2. The molecule has 3 aromatic carbocycles. The van der Waals surface area contributed by atoms with Crippen LogP contribution in [0.15, 0.2) is 91.0 Å². The molecule has 0 spiro atoms. The van der Waals surface area contributed by atoms with Crippen molar-refractivity contribution in [1.29, 1.82) is 0 Å². The Hall–Kier alpha value is -5.52. The van der Waals surface area contributed by atoms with E-state index in [0.717, 1.165) is 4.90 Å². The van der Waals surface area contributed by atoms with E-state index in [1.807, 2.05) is 6.07 Å². The minimum atomic E-state index is -1.81. The fraction of sp³-hybridized carbons (Fsp3) is 0.294. The third-order valence-corrected chi connectivity index (χ3v) is 7.66. The van der Waals surface area contributed by atoms with Gasteiger partial charge in [0.2, 0.25) is 11.8 Å². The molecule has 0 unspecified atom stereocenters. The molecular weight excluding hydrogens is 594 g/mol. The molecule has 0 radical (unpaired) electrons. The zero-order valence-electron chi connectivity index (χ0n) is 25.0. The van der Waals surface area contributed by atoms with Crippen LogP contribution in [0.5, 0.6) is 0 Å². The second-order valence-corrected chi connectivity index (χ2v) is 11.0. The highest BCUT2D eigenvalue weighted by molar-refractivity contribution is 6.07. The Morgan fingerprint density at radius 1 is 0.826 bits per heavy atom. The van der Waals surface area contributed by atoms with Gasteiger partial charge in [-0.3, -0.25) is 24.1 Å². The zero-order chi connectivity index (χ0) is 33.1. The number of carboxylic acids is 2. The number of amides is 4. The number of rotatable bonds is 14. The second kappa shape index (κ2) is 15.5. The molecule has 1 heterocycles. The van der Waals surface area contributed by atoms with Crippen LogP contribution in [0.4, 0.5) is 4.79 Å². The van der Waals surface area contributed by atoms with Crippen molar-refractivity contribution < 1.29 is 43.7 Å². The minimum absolute atomic E-state index is 0.0729. The molecule has 1 saturated heterocycles. The van der Waals surface area contributed by atoms with Gasteiger partial charge in [0.05, 0.1) is 0 Å². The zero-order valence-corrected chi connectivity index (χ0v) is 25.0.